The number of hydrogen-bond donors (Lipinski definition) is 1. The number of halogens is 2. The molecule has 78 valence electrons. The molecule has 0 aliphatic heterocycles. The average molecular weight is 234 g/mol. The third-order valence-corrected chi connectivity index (χ3v) is 2.68. The highest BCUT2D eigenvalue weighted by Gasteiger charge is 2.07. The topological polar surface area (TPSA) is 23.5 Å². The summed E-state index contributed by atoms with van der Waals surface area (Å²) in [6.45, 7) is 1.40. The molecular weight excluding hydrogens is 221 g/mol. The van der Waals surface area contributed by atoms with Crippen molar-refractivity contribution in [3.63, 3.8) is 0 Å². The normalized spacial score (nSPS) is 10.9. The summed E-state index contributed by atoms with van der Waals surface area (Å²) in [7, 11) is 1.91. The third kappa shape index (κ3) is 3.14. The van der Waals surface area contributed by atoms with Crippen molar-refractivity contribution < 1.29 is 5.11 Å². The number of nitrogens with zero attached hydrogens (tertiary/aromatic N) is 1. The molecular formula is C10H13Cl2NO. The SMILES string of the molecule is CN(CCO)Cc1c(Cl)cccc1Cl. The van der Waals surface area contributed by atoms with E-state index in [1.807, 2.05) is 30.1 Å². The first kappa shape index (κ1) is 11.8. The molecule has 1 aromatic rings. The molecule has 0 amide bonds. The summed E-state index contributed by atoms with van der Waals surface area (Å²) in [5.74, 6) is 0. The van der Waals surface area contributed by atoms with Crippen LogP contribution in [0.25, 0.3) is 0 Å². The van der Waals surface area contributed by atoms with Gasteiger partial charge in [0, 0.05) is 28.7 Å². The van der Waals surface area contributed by atoms with Crippen molar-refractivity contribution in [1.29, 1.82) is 0 Å². The van der Waals surface area contributed by atoms with Gasteiger partial charge in [0.25, 0.3) is 0 Å². The standard InChI is InChI=1S/C10H13Cl2NO/c1-13(5-6-14)7-8-9(11)3-2-4-10(8)12/h2-4,14H,5-7H2,1H3. The van der Waals surface area contributed by atoms with Crippen LogP contribution < -0.4 is 0 Å². The van der Waals surface area contributed by atoms with Gasteiger partial charge >= 0.3 is 0 Å². The van der Waals surface area contributed by atoms with E-state index in [-0.39, 0.29) is 6.61 Å². The van der Waals surface area contributed by atoms with Crippen LogP contribution in [0.1, 0.15) is 5.56 Å². The van der Waals surface area contributed by atoms with Crippen LogP contribution in [0.5, 0.6) is 0 Å². The maximum absolute atomic E-state index is 8.75. The minimum Gasteiger partial charge on any atom is -0.395 e. The molecule has 0 saturated carbocycles. The van der Waals surface area contributed by atoms with E-state index < -0.39 is 0 Å². The summed E-state index contributed by atoms with van der Waals surface area (Å²) in [4.78, 5) is 1.97. The third-order valence-electron chi connectivity index (χ3n) is 1.97. The highest BCUT2D eigenvalue weighted by atomic mass is 35.5. The lowest BCUT2D eigenvalue weighted by Gasteiger charge is -2.16. The zero-order chi connectivity index (χ0) is 10.6. The minimum absolute atomic E-state index is 0.137. The summed E-state index contributed by atoms with van der Waals surface area (Å²) >= 11 is 12.0. The Balaban J connectivity index is 2.75. The summed E-state index contributed by atoms with van der Waals surface area (Å²) < 4.78 is 0. The van der Waals surface area contributed by atoms with Gasteiger partial charge in [-0.2, -0.15) is 0 Å². The molecule has 0 spiro atoms. The van der Waals surface area contributed by atoms with E-state index in [1.54, 1.807) is 0 Å². The van der Waals surface area contributed by atoms with Gasteiger partial charge in [-0.25, -0.2) is 0 Å². The van der Waals surface area contributed by atoms with E-state index in [2.05, 4.69) is 0 Å². The van der Waals surface area contributed by atoms with Crippen molar-refractivity contribution in [1.82, 2.24) is 4.90 Å². The predicted molar refractivity (Wildman–Crippen MR) is 59.9 cm³/mol. The molecule has 0 fully saturated rings. The minimum atomic E-state index is 0.137. The van der Waals surface area contributed by atoms with E-state index in [9.17, 15) is 0 Å². The quantitative estimate of drug-likeness (QED) is 0.864. The lowest BCUT2D eigenvalue weighted by molar-refractivity contribution is 0.217. The van der Waals surface area contributed by atoms with Gasteiger partial charge in [0.2, 0.25) is 0 Å². The van der Waals surface area contributed by atoms with Crippen molar-refractivity contribution >= 4 is 23.2 Å². The average Bonchev–Trinajstić information content (AvgIpc) is 2.12. The summed E-state index contributed by atoms with van der Waals surface area (Å²) in [5.41, 5.74) is 0.909. The van der Waals surface area contributed by atoms with Gasteiger partial charge in [-0.3, -0.25) is 4.90 Å². The first-order valence-electron chi connectivity index (χ1n) is 4.37. The first-order valence-corrected chi connectivity index (χ1v) is 5.13. The zero-order valence-electron chi connectivity index (χ0n) is 8.00. The van der Waals surface area contributed by atoms with Gasteiger partial charge in [-0.05, 0) is 19.2 Å². The van der Waals surface area contributed by atoms with Crippen LogP contribution in [-0.4, -0.2) is 30.2 Å². The largest absolute Gasteiger partial charge is 0.395 e. The van der Waals surface area contributed by atoms with Crippen LogP contribution in [0.15, 0.2) is 18.2 Å². The second-order valence-corrected chi connectivity index (χ2v) is 3.98. The summed E-state index contributed by atoms with van der Waals surface area (Å²) in [6.07, 6.45) is 0. The predicted octanol–water partition coefficient (Wildman–Crippen LogP) is 2.42. The Labute approximate surface area is 94.1 Å². The van der Waals surface area contributed by atoms with Crippen molar-refractivity contribution in [2.24, 2.45) is 0 Å². The summed E-state index contributed by atoms with van der Waals surface area (Å²) in [6, 6.07) is 5.45. The summed E-state index contributed by atoms with van der Waals surface area (Å²) in [5, 5.41) is 10.1. The maximum atomic E-state index is 8.75. The van der Waals surface area contributed by atoms with Crippen LogP contribution in [0.2, 0.25) is 10.0 Å². The van der Waals surface area contributed by atoms with Crippen molar-refractivity contribution in [3.8, 4) is 0 Å². The second kappa shape index (κ2) is 5.56. The molecule has 1 rings (SSSR count). The van der Waals surface area contributed by atoms with Crippen molar-refractivity contribution in [2.75, 3.05) is 20.2 Å². The van der Waals surface area contributed by atoms with Crippen LogP contribution in [0, 0.1) is 0 Å². The van der Waals surface area contributed by atoms with Crippen molar-refractivity contribution in [2.45, 2.75) is 6.54 Å². The molecule has 0 unspecified atom stereocenters. The second-order valence-electron chi connectivity index (χ2n) is 3.16. The van der Waals surface area contributed by atoms with Crippen LogP contribution >= 0.6 is 23.2 Å². The molecule has 0 atom stereocenters. The lowest BCUT2D eigenvalue weighted by Crippen LogP contribution is -2.21. The van der Waals surface area contributed by atoms with E-state index in [0.29, 0.717) is 23.1 Å². The zero-order valence-corrected chi connectivity index (χ0v) is 9.52. The maximum Gasteiger partial charge on any atom is 0.0558 e. The molecule has 2 nitrogen and oxygen atoms in total. The highest BCUT2D eigenvalue weighted by molar-refractivity contribution is 6.35. The molecule has 0 aliphatic carbocycles. The lowest BCUT2D eigenvalue weighted by atomic mass is 10.2. The molecule has 0 heterocycles. The number of aliphatic hydroxyl groups is 1. The molecule has 0 bridgehead atoms. The number of hydrogen-bond acceptors (Lipinski definition) is 2. The monoisotopic (exact) mass is 233 g/mol. The van der Waals surface area contributed by atoms with Gasteiger partial charge in [-0.1, -0.05) is 29.3 Å². The van der Waals surface area contributed by atoms with E-state index in [1.165, 1.54) is 0 Å². The fraction of sp³-hybridized carbons (Fsp3) is 0.400. The van der Waals surface area contributed by atoms with Crippen LogP contribution in [0.4, 0.5) is 0 Å². The van der Waals surface area contributed by atoms with Gasteiger partial charge in [0.05, 0.1) is 6.61 Å². The molecule has 0 aliphatic rings. The smallest absolute Gasteiger partial charge is 0.0558 e. The Morgan fingerprint density at radius 3 is 2.36 bits per heavy atom. The first-order chi connectivity index (χ1) is 6.65. The van der Waals surface area contributed by atoms with E-state index in [4.69, 9.17) is 28.3 Å². The molecule has 0 radical (unpaired) electrons. The van der Waals surface area contributed by atoms with E-state index in [0.717, 1.165) is 5.56 Å². The molecule has 1 aromatic carbocycles. The van der Waals surface area contributed by atoms with Gasteiger partial charge < -0.3 is 5.11 Å². The molecule has 4 heteroatoms. The Morgan fingerprint density at radius 1 is 1.29 bits per heavy atom. The number of likely N-dealkylation sites (N-methyl/N-ethyl adjacent to an activating group) is 1. The molecule has 1 N–H and O–H groups in total. The number of aliphatic hydroxyl groups excluding tert-OH is 1. The number of benzene rings is 1. The molecule has 14 heavy (non-hydrogen) atoms. The van der Waals surface area contributed by atoms with Gasteiger partial charge in [0.1, 0.15) is 0 Å². The van der Waals surface area contributed by atoms with Crippen LogP contribution in [0.3, 0.4) is 0 Å². The van der Waals surface area contributed by atoms with Gasteiger partial charge in [0.15, 0.2) is 0 Å². The van der Waals surface area contributed by atoms with Crippen LogP contribution in [-0.2, 0) is 6.54 Å². The highest BCUT2D eigenvalue weighted by Crippen LogP contribution is 2.25. The Kier molecular flexibility index (Phi) is 4.69. The number of rotatable bonds is 4. The van der Waals surface area contributed by atoms with E-state index >= 15 is 0 Å². The fourth-order valence-corrected chi connectivity index (χ4v) is 1.72. The molecule has 0 aromatic heterocycles. The Morgan fingerprint density at radius 2 is 1.86 bits per heavy atom. The molecule has 0 saturated heterocycles. The Bertz CT molecular complexity index is 284. The van der Waals surface area contributed by atoms with Gasteiger partial charge in [-0.15, -0.1) is 0 Å². The fourth-order valence-electron chi connectivity index (χ4n) is 1.20. The Hall–Kier alpha value is -0.280. The van der Waals surface area contributed by atoms with Crippen molar-refractivity contribution in [3.05, 3.63) is 33.8 Å².